The van der Waals surface area contributed by atoms with Gasteiger partial charge in [-0.05, 0) is 24.5 Å². The summed E-state index contributed by atoms with van der Waals surface area (Å²) in [6, 6.07) is 8.64. The molecule has 1 N–H and O–H groups in total. The molecule has 5 heteroatoms. The first-order chi connectivity index (χ1) is 9.73. The Morgan fingerprint density at radius 1 is 1.33 bits per heavy atom. The van der Waals surface area contributed by atoms with E-state index >= 15 is 0 Å². The molecule has 1 aromatic rings. The van der Waals surface area contributed by atoms with Gasteiger partial charge in [0.2, 0.25) is 0 Å². The van der Waals surface area contributed by atoms with Crippen LogP contribution in [0.5, 0.6) is 0 Å². The Hall–Kier alpha value is -2.35. The first-order valence-corrected chi connectivity index (χ1v) is 6.72. The number of anilines is 1. The fourth-order valence-electron chi connectivity index (χ4n) is 1.65. The van der Waals surface area contributed by atoms with Gasteiger partial charge < -0.3 is 10.1 Å². The predicted molar refractivity (Wildman–Crippen MR) is 79.4 cm³/mol. The summed E-state index contributed by atoms with van der Waals surface area (Å²) in [5.74, 6) is -0.876. The number of para-hydroxylation sites is 1. The largest absolute Gasteiger partial charge is 0.453 e. The molecule has 1 atom stereocenters. The second-order valence-corrected chi connectivity index (χ2v) is 6.02. The molecule has 0 aromatic heterocycles. The van der Waals surface area contributed by atoms with Crippen LogP contribution in [0.3, 0.4) is 0 Å². The second kappa shape index (κ2) is 6.89. The zero-order valence-electron chi connectivity index (χ0n) is 12.8. The van der Waals surface area contributed by atoms with E-state index in [1.54, 1.807) is 24.3 Å². The van der Waals surface area contributed by atoms with Gasteiger partial charge in [0.1, 0.15) is 6.07 Å². The minimum atomic E-state index is -0.911. The Morgan fingerprint density at radius 3 is 2.52 bits per heavy atom. The van der Waals surface area contributed by atoms with Crippen molar-refractivity contribution in [3.05, 3.63) is 29.8 Å². The van der Waals surface area contributed by atoms with Gasteiger partial charge in [0.25, 0.3) is 5.91 Å². The Morgan fingerprint density at radius 2 is 1.95 bits per heavy atom. The number of benzene rings is 1. The molecule has 5 nitrogen and oxygen atoms in total. The predicted octanol–water partition coefficient (Wildman–Crippen LogP) is 2.86. The van der Waals surface area contributed by atoms with E-state index in [0.29, 0.717) is 11.3 Å². The number of nitriles is 1. The van der Waals surface area contributed by atoms with E-state index < -0.39 is 18.0 Å². The lowest BCUT2D eigenvalue weighted by Gasteiger charge is -2.19. The third-order valence-corrected chi connectivity index (χ3v) is 2.66. The van der Waals surface area contributed by atoms with E-state index in [2.05, 4.69) is 5.32 Å². The Labute approximate surface area is 124 Å². The number of rotatable bonds is 4. The zero-order chi connectivity index (χ0) is 16.0. The molecular weight excluding hydrogens is 268 g/mol. The Kier molecular flexibility index (Phi) is 5.48. The summed E-state index contributed by atoms with van der Waals surface area (Å²) in [6.45, 7) is 7.26. The van der Waals surface area contributed by atoms with Gasteiger partial charge in [0, 0.05) is 0 Å². The molecule has 0 saturated carbocycles. The van der Waals surface area contributed by atoms with Gasteiger partial charge in [-0.3, -0.25) is 9.59 Å². The van der Waals surface area contributed by atoms with Gasteiger partial charge in [-0.15, -0.1) is 0 Å². The Bertz CT molecular complexity index is 568. The molecule has 0 bridgehead atoms. The van der Waals surface area contributed by atoms with Crippen LogP contribution in [0.2, 0.25) is 0 Å². The molecule has 21 heavy (non-hydrogen) atoms. The van der Waals surface area contributed by atoms with E-state index in [0.717, 1.165) is 0 Å². The van der Waals surface area contributed by atoms with E-state index in [9.17, 15) is 9.59 Å². The van der Waals surface area contributed by atoms with Crippen molar-refractivity contribution >= 4 is 17.6 Å². The molecular formula is C16H20N2O3. The lowest BCUT2D eigenvalue weighted by atomic mass is 9.92. The van der Waals surface area contributed by atoms with Crippen LogP contribution in [-0.2, 0) is 14.3 Å². The second-order valence-electron chi connectivity index (χ2n) is 6.02. The van der Waals surface area contributed by atoms with E-state index in [1.165, 1.54) is 6.92 Å². The molecule has 0 unspecified atom stereocenters. The molecule has 1 aromatic carbocycles. The van der Waals surface area contributed by atoms with Gasteiger partial charge in [-0.2, -0.15) is 5.26 Å². The van der Waals surface area contributed by atoms with Crippen molar-refractivity contribution < 1.29 is 14.3 Å². The number of esters is 1. The number of hydrogen-bond acceptors (Lipinski definition) is 4. The average molecular weight is 288 g/mol. The molecule has 0 radical (unpaired) electrons. The van der Waals surface area contributed by atoms with E-state index in [4.69, 9.17) is 10.00 Å². The van der Waals surface area contributed by atoms with Crippen molar-refractivity contribution in [3.8, 4) is 6.07 Å². The van der Waals surface area contributed by atoms with E-state index in [1.807, 2.05) is 26.8 Å². The quantitative estimate of drug-likeness (QED) is 0.864. The van der Waals surface area contributed by atoms with Crippen LogP contribution in [0.1, 0.15) is 39.7 Å². The molecule has 1 rings (SSSR count). The lowest BCUT2D eigenvalue weighted by molar-refractivity contribution is -0.154. The maximum Gasteiger partial charge on any atom is 0.307 e. The number of nitrogens with zero attached hydrogens (tertiary/aromatic N) is 1. The molecule has 0 heterocycles. The molecule has 0 fully saturated rings. The summed E-state index contributed by atoms with van der Waals surface area (Å²) < 4.78 is 5.10. The van der Waals surface area contributed by atoms with Crippen LogP contribution < -0.4 is 5.32 Å². The molecule has 1 amide bonds. The number of ether oxygens (including phenoxy) is 1. The molecule has 112 valence electrons. The number of carbonyl (C=O) groups is 2. The topological polar surface area (TPSA) is 79.2 Å². The SMILES string of the molecule is C[C@H](OC(=O)CC(C)(C)C)C(=O)Nc1ccccc1C#N. The van der Waals surface area contributed by atoms with E-state index in [-0.39, 0.29) is 11.8 Å². The minimum absolute atomic E-state index is 0.194. The molecule has 0 aliphatic rings. The summed E-state index contributed by atoms with van der Waals surface area (Å²) in [5.41, 5.74) is 0.573. The van der Waals surface area contributed by atoms with Crippen molar-refractivity contribution in [3.63, 3.8) is 0 Å². The number of hydrogen-bond donors (Lipinski definition) is 1. The highest BCUT2D eigenvalue weighted by atomic mass is 16.5. The van der Waals surface area contributed by atoms with Crippen LogP contribution in [0.4, 0.5) is 5.69 Å². The summed E-state index contributed by atoms with van der Waals surface area (Å²) >= 11 is 0. The normalized spacial score (nSPS) is 12.1. The smallest absolute Gasteiger partial charge is 0.307 e. The van der Waals surface area contributed by atoms with Crippen molar-refractivity contribution in [2.24, 2.45) is 5.41 Å². The fourth-order valence-corrected chi connectivity index (χ4v) is 1.65. The Balaban J connectivity index is 2.63. The van der Waals surface area contributed by atoms with Gasteiger partial charge in [0.15, 0.2) is 6.10 Å². The minimum Gasteiger partial charge on any atom is -0.453 e. The molecule has 0 aliphatic heterocycles. The fraction of sp³-hybridized carbons (Fsp3) is 0.438. The van der Waals surface area contributed by atoms with Gasteiger partial charge in [0.05, 0.1) is 17.7 Å². The number of amides is 1. The van der Waals surface area contributed by atoms with Crippen molar-refractivity contribution in [2.45, 2.75) is 40.2 Å². The highest BCUT2D eigenvalue weighted by molar-refractivity contribution is 5.96. The van der Waals surface area contributed by atoms with Gasteiger partial charge in [-0.25, -0.2) is 0 Å². The van der Waals surface area contributed by atoms with Crippen LogP contribution in [0.25, 0.3) is 0 Å². The van der Waals surface area contributed by atoms with Crippen LogP contribution in [0, 0.1) is 16.7 Å². The standard InChI is InChI=1S/C16H20N2O3/c1-11(21-14(19)9-16(2,3)4)15(20)18-13-8-6-5-7-12(13)10-17/h5-8,11H,9H2,1-4H3,(H,18,20)/t11-/m0/s1. The highest BCUT2D eigenvalue weighted by Crippen LogP contribution is 2.20. The van der Waals surface area contributed by atoms with Crippen molar-refractivity contribution in [2.75, 3.05) is 5.32 Å². The number of nitrogens with one attached hydrogen (secondary N) is 1. The van der Waals surface area contributed by atoms with Crippen LogP contribution in [-0.4, -0.2) is 18.0 Å². The zero-order valence-corrected chi connectivity index (χ0v) is 12.8. The third-order valence-electron chi connectivity index (χ3n) is 2.66. The van der Waals surface area contributed by atoms with Crippen molar-refractivity contribution in [1.29, 1.82) is 5.26 Å². The van der Waals surface area contributed by atoms with Crippen LogP contribution >= 0.6 is 0 Å². The molecule has 0 saturated heterocycles. The van der Waals surface area contributed by atoms with Crippen molar-refractivity contribution in [1.82, 2.24) is 0 Å². The summed E-state index contributed by atoms with van der Waals surface area (Å²) in [7, 11) is 0. The maximum atomic E-state index is 12.0. The maximum absolute atomic E-state index is 12.0. The van der Waals surface area contributed by atoms with Gasteiger partial charge in [-0.1, -0.05) is 32.9 Å². The first-order valence-electron chi connectivity index (χ1n) is 6.72. The van der Waals surface area contributed by atoms with Crippen LogP contribution in [0.15, 0.2) is 24.3 Å². The summed E-state index contributed by atoms with van der Waals surface area (Å²) in [6.07, 6.45) is -0.675. The third kappa shape index (κ3) is 5.65. The molecule has 0 spiro atoms. The number of carbonyl (C=O) groups excluding carboxylic acids is 2. The summed E-state index contributed by atoms with van der Waals surface area (Å²) in [5, 5.41) is 11.5. The average Bonchev–Trinajstić information content (AvgIpc) is 2.36. The van der Waals surface area contributed by atoms with Gasteiger partial charge >= 0.3 is 5.97 Å². The first kappa shape index (κ1) is 16.7. The highest BCUT2D eigenvalue weighted by Gasteiger charge is 2.22. The monoisotopic (exact) mass is 288 g/mol. The molecule has 0 aliphatic carbocycles. The lowest BCUT2D eigenvalue weighted by Crippen LogP contribution is -2.31. The summed E-state index contributed by atoms with van der Waals surface area (Å²) in [4.78, 5) is 23.7.